The van der Waals surface area contributed by atoms with Crippen LogP contribution in [-0.4, -0.2) is 53.9 Å². The Morgan fingerprint density at radius 1 is 1.08 bits per heavy atom. The molecule has 1 fully saturated rings. The molecule has 1 aliphatic heterocycles. The second-order valence-electron chi connectivity index (χ2n) is 6.89. The van der Waals surface area contributed by atoms with Gasteiger partial charge in [0.2, 0.25) is 5.91 Å². The molecule has 0 N–H and O–H groups in total. The maximum absolute atomic E-state index is 12.9. The van der Waals surface area contributed by atoms with Gasteiger partial charge in [-0.05, 0) is 30.4 Å². The summed E-state index contributed by atoms with van der Waals surface area (Å²) in [5, 5.41) is 0. The number of rotatable bonds is 5. The first-order chi connectivity index (χ1) is 11.9. The average molecular weight is 346 g/mol. The number of benzene rings is 1. The zero-order chi connectivity index (χ0) is 18.4. The molecule has 1 saturated heterocycles. The molecule has 1 aromatic rings. The molecule has 1 atom stereocenters. The standard InChI is InChI=1S/C20H30N2O3/c1-5-18(25-19-10-7-6-9-17(19)15(2)3)20(24)22-12-8-11-21(13-14-22)16(4)23/h6-7,9-10,15,18H,5,8,11-14H2,1-4H3. The Kier molecular flexibility index (Phi) is 6.85. The van der Waals surface area contributed by atoms with E-state index in [1.54, 1.807) is 6.92 Å². The van der Waals surface area contributed by atoms with Gasteiger partial charge < -0.3 is 14.5 Å². The molecule has 5 nitrogen and oxygen atoms in total. The molecule has 2 rings (SSSR count). The van der Waals surface area contributed by atoms with E-state index in [9.17, 15) is 9.59 Å². The first-order valence-corrected chi connectivity index (χ1v) is 9.23. The fourth-order valence-corrected chi connectivity index (χ4v) is 3.18. The molecule has 0 bridgehead atoms. The van der Waals surface area contributed by atoms with E-state index in [2.05, 4.69) is 13.8 Å². The zero-order valence-corrected chi connectivity index (χ0v) is 15.8. The number of carbonyl (C=O) groups excluding carboxylic acids is 2. The topological polar surface area (TPSA) is 49.9 Å². The van der Waals surface area contributed by atoms with E-state index in [0.717, 1.165) is 17.7 Å². The first-order valence-electron chi connectivity index (χ1n) is 9.23. The summed E-state index contributed by atoms with van der Waals surface area (Å²) in [6, 6.07) is 7.92. The van der Waals surface area contributed by atoms with Crippen LogP contribution in [0.2, 0.25) is 0 Å². The summed E-state index contributed by atoms with van der Waals surface area (Å²) < 4.78 is 6.11. The number of carbonyl (C=O) groups is 2. The van der Waals surface area contributed by atoms with E-state index < -0.39 is 6.10 Å². The predicted octanol–water partition coefficient (Wildman–Crippen LogP) is 3.05. The van der Waals surface area contributed by atoms with Crippen molar-refractivity contribution in [3.63, 3.8) is 0 Å². The zero-order valence-electron chi connectivity index (χ0n) is 15.8. The lowest BCUT2D eigenvalue weighted by Crippen LogP contribution is -2.44. The summed E-state index contributed by atoms with van der Waals surface area (Å²) in [5.41, 5.74) is 1.12. The highest BCUT2D eigenvalue weighted by molar-refractivity contribution is 5.81. The lowest BCUT2D eigenvalue weighted by molar-refractivity contribution is -0.139. The van der Waals surface area contributed by atoms with Crippen LogP contribution in [0.25, 0.3) is 0 Å². The number of hydrogen-bond acceptors (Lipinski definition) is 3. The molecule has 1 aliphatic rings. The van der Waals surface area contributed by atoms with Crippen molar-refractivity contribution < 1.29 is 14.3 Å². The Hall–Kier alpha value is -2.04. The van der Waals surface area contributed by atoms with Crippen molar-refractivity contribution in [2.75, 3.05) is 26.2 Å². The lowest BCUT2D eigenvalue weighted by Gasteiger charge is -2.27. The second kappa shape index (κ2) is 8.88. The monoisotopic (exact) mass is 346 g/mol. The quantitative estimate of drug-likeness (QED) is 0.823. The number of nitrogens with zero attached hydrogens (tertiary/aromatic N) is 2. The fraction of sp³-hybridized carbons (Fsp3) is 0.600. The molecule has 1 heterocycles. The van der Waals surface area contributed by atoms with Gasteiger partial charge in [-0.2, -0.15) is 0 Å². The van der Waals surface area contributed by atoms with Crippen LogP contribution >= 0.6 is 0 Å². The van der Waals surface area contributed by atoms with Crippen molar-refractivity contribution in [3.8, 4) is 5.75 Å². The van der Waals surface area contributed by atoms with Gasteiger partial charge in [-0.1, -0.05) is 39.0 Å². The summed E-state index contributed by atoms with van der Waals surface area (Å²) in [7, 11) is 0. The summed E-state index contributed by atoms with van der Waals surface area (Å²) in [6.45, 7) is 10.4. The molecule has 5 heteroatoms. The van der Waals surface area contributed by atoms with Gasteiger partial charge in [0.25, 0.3) is 5.91 Å². The van der Waals surface area contributed by atoms with Crippen molar-refractivity contribution in [3.05, 3.63) is 29.8 Å². The minimum absolute atomic E-state index is 0.0199. The lowest BCUT2D eigenvalue weighted by atomic mass is 10.0. The van der Waals surface area contributed by atoms with E-state index in [4.69, 9.17) is 4.74 Å². The van der Waals surface area contributed by atoms with E-state index >= 15 is 0 Å². The molecule has 0 radical (unpaired) electrons. The summed E-state index contributed by atoms with van der Waals surface area (Å²) in [4.78, 5) is 28.2. The van der Waals surface area contributed by atoms with Gasteiger partial charge in [0.1, 0.15) is 5.75 Å². The molecular formula is C20H30N2O3. The van der Waals surface area contributed by atoms with Gasteiger partial charge in [0.05, 0.1) is 0 Å². The minimum Gasteiger partial charge on any atom is -0.480 e. The third-order valence-electron chi connectivity index (χ3n) is 4.71. The third kappa shape index (κ3) is 4.97. The highest BCUT2D eigenvalue weighted by Crippen LogP contribution is 2.27. The second-order valence-corrected chi connectivity index (χ2v) is 6.89. The number of ether oxygens (including phenoxy) is 1. The molecule has 0 aromatic heterocycles. The Bertz CT molecular complexity index is 600. The summed E-state index contributed by atoms with van der Waals surface area (Å²) in [5.74, 6) is 1.22. The molecule has 1 unspecified atom stereocenters. The van der Waals surface area contributed by atoms with Crippen molar-refractivity contribution in [2.45, 2.75) is 52.6 Å². The smallest absolute Gasteiger partial charge is 0.263 e. The number of para-hydroxylation sites is 1. The van der Waals surface area contributed by atoms with Crippen LogP contribution in [-0.2, 0) is 9.59 Å². The average Bonchev–Trinajstić information content (AvgIpc) is 2.85. The molecule has 1 aromatic carbocycles. The van der Waals surface area contributed by atoms with Gasteiger partial charge in [0.15, 0.2) is 6.10 Å². The SMILES string of the molecule is CCC(Oc1ccccc1C(C)C)C(=O)N1CCCN(C(C)=O)CC1. The highest BCUT2D eigenvalue weighted by Gasteiger charge is 2.27. The normalized spacial score (nSPS) is 16.5. The Morgan fingerprint density at radius 2 is 1.72 bits per heavy atom. The van der Waals surface area contributed by atoms with Gasteiger partial charge >= 0.3 is 0 Å². The van der Waals surface area contributed by atoms with Crippen LogP contribution in [0.1, 0.15) is 52.0 Å². The Balaban J connectivity index is 2.07. The largest absolute Gasteiger partial charge is 0.480 e. The predicted molar refractivity (Wildman–Crippen MR) is 98.7 cm³/mol. The molecule has 0 spiro atoms. The Morgan fingerprint density at radius 3 is 2.36 bits per heavy atom. The first kappa shape index (κ1) is 19.3. The highest BCUT2D eigenvalue weighted by atomic mass is 16.5. The molecule has 0 saturated carbocycles. The molecular weight excluding hydrogens is 316 g/mol. The molecule has 2 amide bonds. The molecule has 0 aliphatic carbocycles. The van der Waals surface area contributed by atoms with E-state index in [0.29, 0.717) is 38.5 Å². The summed E-state index contributed by atoms with van der Waals surface area (Å²) in [6.07, 6.45) is 0.950. The van der Waals surface area contributed by atoms with Crippen molar-refractivity contribution in [1.29, 1.82) is 0 Å². The van der Waals surface area contributed by atoms with Crippen LogP contribution < -0.4 is 4.74 Å². The van der Waals surface area contributed by atoms with Crippen molar-refractivity contribution in [2.24, 2.45) is 0 Å². The van der Waals surface area contributed by atoms with Crippen LogP contribution in [0.15, 0.2) is 24.3 Å². The van der Waals surface area contributed by atoms with E-state index in [-0.39, 0.29) is 11.8 Å². The third-order valence-corrected chi connectivity index (χ3v) is 4.71. The molecule has 138 valence electrons. The van der Waals surface area contributed by atoms with Gasteiger partial charge in [-0.25, -0.2) is 0 Å². The van der Waals surface area contributed by atoms with E-state index in [1.165, 1.54) is 0 Å². The van der Waals surface area contributed by atoms with Gasteiger partial charge in [-0.15, -0.1) is 0 Å². The van der Waals surface area contributed by atoms with Crippen LogP contribution in [0.3, 0.4) is 0 Å². The van der Waals surface area contributed by atoms with Crippen LogP contribution in [0, 0.1) is 0 Å². The van der Waals surface area contributed by atoms with Gasteiger partial charge in [-0.3, -0.25) is 9.59 Å². The van der Waals surface area contributed by atoms with E-state index in [1.807, 2.05) is 41.0 Å². The van der Waals surface area contributed by atoms with Crippen LogP contribution in [0.5, 0.6) is 5.75 Å². The fourth-order valence-electron chi connectivity index (χ4n) is 3.18. The van der Waals surface area contributed by atoms with Crippen molar-refractivity contribution in [1.82, 2.24) is 9.80 Å². The molecule has 25 heavy (non-hydrogen) atoms. The minimum atomic E-state index is -0.483. The number of hydrogen-bond donors (Lipinski definition) is 0. The number of amides is 2. The van der Waals surface area contributed by atoms with Crippen molar-refractivity contribution >= 4 is 11.8 Å². The maximum atomic E-state index is 12.9. The Labute approximate surface area is 150 Å². The van der Waals surface area contributed by atoms with Crippen LogP contribution in [0.4, 0.5) is 0 Å². The summed E-state index contributed by atoms with van der Waals surface area (Å²) >= 11 is 0. The maximum Gasteiger partial charge on any atom is 0.263 e. The van der Waals surface area contributed by atoms with Gasteiger partial charge in [0, 0.05) is 33.1 Å².